The minimum Gasteiger partial charge on any atom is -0.377 e. The number of ether oxygens (including phenoxy) is 1. The summed E-state index contributed by atoms with van der Waals surface area (Å²) in [4.78, 5) is 0. The van der Waals surface area contributed by atoms with Gasteiger partial charge in [0.15, 0.2) is 0 Å². The van der Waals surface area contributed by atoms with Gasteiger partial charge in [0, 0.05) is 18.2 Å². The molecule has 1 rings (SSSR count). The Balaban J connectivity index is 2.51. The smallest absolute Gasteiger partial charge is 0.0726 e. The molecule has 1 aliphatic rings. The van der Waals surface area contributed by atoms with Crippen molar-refractivity contribution in [2.24, 2.45) is 0 Å². The zero-order valence-electron chi connectivity index (χ0n) is 7.98. The Morgan fingerprint density at radius 1 is 1.55 bits per heavy atom. The molecule has 0 spiro atoms. The van der Waals surface area contributed by atoms with E-state index >= 15 is 0 Å². The first-order valence-corrected chi connectivity index (χ1v) is 4.44. The van der Waals surface area contributed by atoms with Crippen LogP contribution in [-0.2, 0) is 4.74 Å². The molecule has 0 aromatic rings. The molecule has 11 heavy (non-hydrogen) atoms. The molecule has 66 valence electrons. The first-order chi connectivity index (χ1) is 5.04. The third-order valence-electron chi connectivity index (χ3n) is 2.50. The fourth-order valence-corrected chi connectivity index (χ4v) is 1.68. The highest BCUT2D eigenvalue weighted by atomic mass is 16.5. The molecule has 2 heteroatoms. The van der Waals surface area contributed by atoms with Crippen LogP contribution in [0.3, 0.4) is 0 Å². The first-order valence-electron chi connectivity index (χ1n) is 4.44. The molecule has 1 saturated heterocycles. The zero-order chi connectivity index (χ0) is 8.48. The number of rotatable bonds is 2. The van der Waals surface area contributed by atoms with E-state index in [0.29, 0.717) is 12.1 Å². The molecule has 0 radical (unpaired) electrons. The highest BCUT2D eigenvalue weighted by Crippen LogP contribution is 2.25. The van der Waals surface area contributed by atoms with Crippen LogP contribution in [0.1, 0.15) is 34.1 Å². The Hall–Kier alpha value is -0.0800. The van der Waals surface area contributed by atoms with Crippen molar-refractivity contribution in [2.75, 3.05) is 6.61 Å². The molecule has 0 amide bonds. The van der Waals surface area contributed by atoms with Crippen LogP contribution in [0.25, 0.3) is 0 Å². The number of hydrogen-bond acceptors (Lipinski definition) is 2. The van der Waals surface area contributed by atoms with E-state index in [2.05, 4.69) is 33.0 Å². The monoisotopic (exact) mass is 157 g/mol. The number of nitrogens with one attached hydrogen (secondary N) is 1. The fraction of sp³-hybridized carbons (Fsp3) is 1.00. The summed E-state index contributed by atoms with van der Waals surface area (Å²) in [6, 6.07) is 0.546. The summed E-state index contributed by atoms with van der Waals surface area (Å²) >= 11 is 0. The Labute approximate surface area is 69.3 Å². The van der Waals surface area contributed by atoms with Gasteiger partial charge in [-0.1, -0.05) is 13.8 Å². The molecule has 0 bridgehead atoms. The topological polar surface area (TPSA) is 21.3 Å². The van der Waals surface area contributed by atoms with Crippen LogP contribution in [0.4, 0.5) is 0 Å². The highest BCUT2D eigenvalue weighted by Gasteiger charge is 2.36. The third kappa shape index (κ3) is 1.94. The van der Waals surface area contributed by atoms with Gasteiger partial charge < -0.3 is 10.1 Å². The van der Waals surface area contributed by atoms with Gasteiger partial charge in [-0.15, -0.1) is 0 Å². The van der Waals surface area contributed by atoms with Crippen molar-refractivity contribution in [3.63, 3.8) is 0 Å². The fourth-order valence-electron chi connectivity index (χ4n) is 1.68. The first kappa shape index (κ1) is 9.01. The minimum atomic E-state index is 0.203. The van der Waals surface area contributed by atoms with Crippen LogP contribution in [0.5, 0.6) is 0 Å². The van der Waals surface area contributed by atoms with Crippen LogP contribution in [0.2, 0.25) is 0 Å². The van der Waals surface area contributed by atoms with Gasteiger partial charge in [0.1, 0.15) is 0 Å². The van der Waals surface area contributed by atoms with Crippen molar-refractivity contribution >= 4 is 0 Å². The van der Waals surface area contributed by atoms with Gasteiger partial charge in [-0.2, -0.15) is 0 Å². The molecule has 1 fully saturated rings. The van der Waals surface area contributed by atoms with Crippen molar-refractivity contribution in [1.82, 2.24) is 5.32 Å². The average Bonchev–Trinajstić information content (AvgIpc) is 2.11. The zero-order valence-corrected chi connectivity index (χ0v) is 7.98. The van der Waals surface area contributed by atoms with Crippen LogP contribution >= 0.6 is 0 Å². The summed E-state index contributed by atoms with van der Waals surface area (Å²) < 4.78 is 5.51. The largest absolute Gasteiger partial charge is 0.377 e. The van der Waals surface area contributed by atoms with Crippen LogP contribution in [-0.4, -0.2) is 24.3 Å². The lowest BCUT2D eigenvalue weighted by atomic mass is 9.94. The van der Waals surface area contributed by atoms with Crippen molar-refractivity contribution in [2.45, 2.75) is 51.8 Å². The number of hydrogen-bond donors (Lipinski definition) is 1. The predicted molar refractivity (Wildman–Crippen MR) is 46.7 cm³/mol. The van der Waals surface area contributed by atoms with Crippen molar-refractivity contribution < 1.29 is 4.74 Å². The van der Waals surface area contributed by atoms with E-state index in [1.165, 1.54) is 0 Å². The summed E-state index contributed by atoms with van der Waals surface area (Å²) in [5.41, 5.74) is 0.203. The lowest BCUT2D eigenvalue weighted by Gasteiger charge is -2.31. The van der Waals surface area contributed by atoms with E-state index in [1.54, 1.807) is 0 Å². The molecule has 1 N–H and O–H groups in total. The molecule has 0 aromatic heterocycles. The molecule has 0 saturated carbocycles. The van der Waals surface area contributed by atoms with Crippen molar-refractivity contribution in [3.8, 4) is 0 Å². The van der Waals surface area contributed by atoms with Crippen LogP contribution in [0, 0.1) is 0 Å². The molecule has 0 aliphatic carbocycles. The molecule has 2 atom stereocenters. The van der Waals surface area contributed by atoms with E-state index in [4.69, 9.17) is 4.74 Å². The van der Waals surface area contributed by atoms with Crippen molar-refractivity contribution in [1.29, 1.82) is 0 Å². The van der Waals surface area contributed by atoms with Gasteiger partial charge >= 0.3 is 0 Å². The Morgan fingerprint density at radius 3 is 2.55 bits per heavy atom. The minimum absolute atomic E-state index is 0.203. The summed E-state index contributed by atoms with van der Waals surface area (Å²) in [5, 5.41) is 3.54. The lowest BCUT2D eigenvalue weighted by Crippen LogP contribution is -2.50. The van der Waals surface area contributed by atoms with Gasteiger partial charge in [0.05, 0.1) is 6.10 Å². The maximum Gasteiger partial charge on any atom is 0.0726 e. The molecule has 1 aliphatic heterocycles. The van der Waals surface area contributed by atoms with Crippen molar-refractivity contribution in [3.05, 3.63) is 0 Å². The summed E-state index contributed by atoms with van der Waals surface area (Å²) in [6.45, 7) is 9.64. The Morgan fingerprint density at radius 2 is 2.18 bits per heavy atom. The average molecular weight is 157 g/mol. The molecule has 1 heterocycles. The molecule has 2 unspecified atom stereocenters. The van der Waals surface area contributed by atoms with E-state index in [9.17, 15) is 0 Å². The van der Waals surface area contributed by atoms with Gasteiger partial charge in [0.2, 0.25) is 0 Å². The maximum absolute atomic E-state index is 5.51. The van der Waals surface area contributed by atoms with Crippen LogP contribution < -0.4 is 5.32 Å². The maximum atomic E-state index is 5.51. The lowest BCUT2D eigenvalue weighted by molar-refractivity contribution is 0.0858. The Kier molecular flexibility index (Phi) is 2.55. The molecule has 2 nitrogen and oxygen atoms in total. The molecule has 0 aromatic carbocycles. The Bertz CT molecular complexity index is 136. The second-order valence-electron chi connectivity index (χ2n) is 3.98. The molecular weight excluding hydrogens is 138 g/mol. The predicted octanol–water partition coefficient (Wildman–Crippen LogP) is 1.55. The summed E-state index contributed by atoms with van der Waals surface area (Å²) in [5.74, 6) is 0. The summed E-state index contributed by atoms with van der Waals surface area (Å²) in [6.07, 6.45) is 1.48. The van der Waals surface area contributed by atoms with Gasteiger partial charge in [0.25, 0.3) is 0 Å². The van der Waals surface area contributed by atoms with E-state index in [-0.39, 0.29) is 5.54 Å². The highest BCUT2D eigenvalue weighted by molar-refractivity contribution is 4.94. The summed E-state index contributed by atoms with van der Waals surface area (Å²) in [7, 11) is 0. The van der Waals surface area contributed by atoms with E-state index in [0.717, 1.165) is 13.0 Å². The van der Waals surface area contributed by atoms with Gasteiger partial charge in [-0.3, -0.25) is 0 Å². The van der Waals surface area contributed by atoms with E-state index < -0.39 is 0 Å². The second kappa shape index (κ2) is 3.11. The normalized spacial score (nSPS) is 38.5. The van der Waals surface area contributed by atoms with Crippen LogP contribution in [0.15, 0.2) is 0 Å². The van der Waals surface area contributed by atoms with Gasteiger partial charge in [-0.05, 0) is 20.3 Å². The molecular formula is C9H19NO. The standard InChI is InChI=1S/C9H19NO/c1-7(2)10-9(4)5-6-11-8(9)3/h7-8,10H,5-6H2,1-4H3. The second-order valence-corrected chi connectivity index (χ2v) is 3.98. The third-order valence-corrected chi connectivity index (χ3v) is 2.50. The SMILES string of the molecule is CC(C)NC1(C)CCOC1C. The van der Waals surface area contributed by atoms with Gasteiger partial charge in [-0.25, -0.2) is 0 Å². The quantitative estimate of drug-likeness (QED) is 0.656. The van der Waals surface area contributed by atoms with E-state index in [1.807, 2.05) is 0 Å².